The fourth-order valence-corrected chi connectivity index (χ4v) is 3.89. The summed E-state index contributed by atoms with van der Waals surface area (Å²) in [7, 11) is -1.98. The molecule has 19 heavy (non-hydrogen) atoms. The minimum absolute atomic E-state index is 0.536. The van der Waals surface area contributed by atoms with Gasteiger partial charge in [-0.2, -0.15) is 0 Å². The maximum Gasteiger partial charge on any atom is 0.0314 e. The van der Waals surface area contributed by atoms with Crippen LogP contribution in [0.5, 0.6) is 0 Å². The molecule has 1 atom stereocenters. The second-order valence-electron chi connectivity index (χ2n) is 4.60. The molecule has 0 fully saturated rings. The van der Waals surface area contributed by atoms with Crippen molar-refractivity contribution in [1.82, 2.24) is 4.31 Å². The van der Waals surface area contributed by atoms with E-state index < -0.39 is 10.5 Å². The summed E-state index contributed by atoms with van der Waals surface area (Å²) in [6, 6.07) is 7.63. The van der Waals surface area contributed by atoms with Crippen LogP contribution in [0.4, 0.5) is 0 Å². The summed E-state index contributed by atoms with van der Waals surface area (Å²) in [5, 5.41) is 0. The monoisotopic (exact) mass is 283 g/mol. The Balaban J connectivity index is 2.99. The first-order valence-electron chi connectivity index (χ1n) is 6.44. The van der Waals surface area contributed by atoms with Gasteiger partial charge in [0.15, 0.2) is 0 Å². The standard InChI is InChI=1S/C14H25N3OS/c1-4-10-17(11-9-15)19(3,18)14-7-5-13(6-8-14)12(2)16/h5-8,18H,2,4,9-11,15-16H2,1,3H3. The molecule has 0 aliphatic heterocycles. The number of hydrogen-bond donors (Lipinski definition) is 3. The van der Waals surface area contributed by atoms with E-state index in [-0.39, 0.29) is 0 Å². The molecule has 1 aromatic carbocycles. The first kappa shape index (κ1) is 16.0. The Morgan fingerprint density at radius 3 is 2.32 bits per heavy atom. The van der Waals surface area contributed by atoms with Gasteiger partial charge in [0.05, 0.1) is 0 Å². The van der Waals surface area contributed by atoms with Gasteiger partial charge in [-0.3, -0.25) is 0 Å². The maximum atomic E-state index is 10.8. The second-order valence-corrected chi connectivity index (χ2v) is 7.26. The van der Waals surface area contributed by atoms with Gasteiger partial charge in [0, 0.05) is 36.5 Å². The lowest BCUT2D eigenvalue weighted by molar-refractivity contribution is 0.421. The van der Waals surface area contributed by atoms with Gasteiger partial charge < -0.3 is 16.0 Å². The number of hydrogen-bond acceptors (Lipinski definition) is 4. The zero-order chi connectivity index (χ0) is 14.5. The predicted molar refractivity (Wildman–Crippen MR) is 85.0 cm³/mol. The minimum atomic E-state index is -1.98. The zero-order valence-electron chi connectivity index (χ0n) is 11.8. The van der Waals surface area contributed by atoms with Crippen molar-refractivity contribution in [3.8, 4) is 0 Å². The van der Waals surface area contributed by atoms with Gasteiger partial charge in [-0.1, -0.05) is 36.1 Å². The molecule has 0 saturated carbocycles. The number of benzene rings is 1. The van der Waals surface area contributed by atoms with Gasteiger partial charge in [0.2, 0.25) is 0 Å². The van der Waals surface area contributed by atoms with Crippen molar-refractivity contribution in [1.29, 1.82) is 0 Å². The number of nitrogens with two attached hydrogens (primary N) is 2. The van der Waals surface area contributed by atoms with Crippen LogP contribution in [0.25, 0.3) is 5.70 Å². The number of nitrogens with zero attached hydrogens (tertiary/aromatic N) is 1. The van der Waals surface area contributed by atoms with Crippen molar-refractivity contribution in [3.05, 3.63) is 36.4 Å². The first-order valence-corrected chi connectivity index (χ1v) is 8.39. The molecular formula is C14H25N3OS. The molecular weight excluding hydrogens is 258 g/mol. The molecule has 1 rings (SSSR count). The van der Waals surface area contributed by atoms with Crippen LogP contribution in [0.1, 0.15) is 18.9 Å². The molecule has 108 valence electrons. The predicted octanol–water partition coefficient (Wildman–Crippen LogP) is 2.47. The molecule has 5 heteroatoms. The van der Waals surface area contributed by atoms with Gasteiger partial charge in [0.25, 0.3) is 0 Å². The third kappa shape index (κ3) is 3.98. The van der Waals surface area contributed by atoms with Crippen molar-refractivity contribution in [2.45, 2.75) is 18.2 Å². The van der Waals surface area contributed by atoms with Crippen molar-refractivity contribution in [2.75, 3.05) is 25.9 Å². The topological polar surface area (TPSA) is 75.5 Å². The largest absolute Gasteiger partial charge is 0.399 e. The maximum absolute atomic E-state index is 10.8. The van der Waals surface area contributed by atoms with Crippen molar-refractivity contribution in [2.24, 2.45) is 11.5 Å². The van der Waals surface area contributed by atoms with E-state index in [4.69, 9.17) is 11.5 Å². The Morgan fingerprint density at radius 1 is 1.32 bits per heavy atom. The molecule has 0 aliphatic rings. The van der Waals surface area contributed by atoms with E-state index in [0.29, 0.717) is 18.8 Å². The molecule has 0 spiro atoms. The molecule has 1 unspecified atom stereocenters. The van der Waals surface area contributed by atoms with E-state index >= 15 is 0 Å². The van der Waals surface area contributed by atoms with Gasteiger partial charge in [-0.25, -0.2) is 4.31 Å². The third-order valence-corrected chi connectivity index (χ3v) is 5.56. The Bertz CT molecular complexity index is 411. The van der Waals surface area contributed by atoms with Crippen molar-refractivity contribution >= 4 is 16.2 Å². The van der Waals surface area contributed by atoms with Gasteiger partial charge in [-0.15, -0.1) is 0 Å². The summed E-state index contributed by atoms with van der Waals surface area (Å²) in [5.41, 5.74) is 12.7. The highest BCUT2D eigenvalue weighted by atomic mass is 32.3. The quantitative estimate of drug-likeness (QED) is 0.718. The van der Waals surface area contributed by atoms with Crippen molar-refractivity contribution in [3.63, 3.8) is 0 Å². The summed E-state index contributed by atoms with van der Waals surface area (Å²) in [6.45, 7) is 7.88. The van der Waals surface area contributed by atoms with Gasteiger partial charge >= 0.3 is 0 Å². The molecule has 4 nitrogen and oxygen atoms in total. The summed E-state index contributed by atoms with van der Waals surface area (Å²) in [5.74, 6) is 0. The Labute approximate surface area is 117 Å². The average molecular weight is 283 g/mol. The lowest BCUT2D eigenvalue weighted by Crippen LogP contribution is -2.32. The van der Waals surface area contributed by atoms with E-state index in [2.05, 4.69) is 17.8 Å². The first-order chi connectivity index (χ1) is 8.93. The summed E-state index contributed by atoms with van der Waals surface area (Å²) < 4.78 is 12.9. The minimum Gasteiger partial charge on any atom is -0.399 e. The van der Waals surface area contributed by atoms with E-state index in [9.17, 15) is 4.55 Å². The van der Waals surface area contributed by atoms with Crippen LogP contribution in [0.3, 0.4) is 0 Å². The lowest BCUT2D eigenvalue weighted by atomic mass is 10.2. The molecule has 0 saturated heterocycles. The molecule has 0 bridgehead atoms. The van der Waals surface area contributed by atoms with E-state index in [0.717, 1.165) is 23.4 Å². The second kappa shape index (κ2) is 6.96. The summed E-state index contributed by atoms with van der Waals surface area (Å²) in [6.07, 6.45) is 2.87. The van der Waals surface area contributed by atoms with E-state index in [1.165, 1.54) is 0 Å². The molecule has 5 N–H and O–H groups in total. The van der Waals surface area contributed by atoms with Crippen LogP contribution < -0.4 is 11.5 Å². The average Bonchev–Trinajstić information content (AvgIpc) is 2.38. The fraction of sp³-hybridized carbons (Fsp3) is 0.429. The smallest absolute Gasteiger partial charge is 0.0314 e. The van der Waals surface area contributed by atoms with Crippen LogP contribution >= 0.6 is 10.5 Å². The van der Waals surface area contributed by atoms with Crippen LogP contribution in [-0.4, -0.2) is 34.7 Å². The molecule has 0 heterocycles. The van der Waals surface area contributed by atoms with E-state index in [1.807, 2.05) is 30.5 Å². The van der Waals surface area contributed by atoms with Crippen LogP contribution in [0, 0.1) is 0 Å². The Hall–Kier alpha value is -1.01. The Morgan fingerprint density at radius 2 is 1.89 bits per heavy atom. The van der Waals surface area contributed by atoms with Gasteiger partial charge in [0.1, 0.15) is 0 Å². The molecule has 0 amide bonds. The normalized spacial score (nSPS) is 16.1. The summed E-state index contributed by atoms with van der Waals surface area (Å²) in [4.78, 5) is 0.916. The van der Waals surface area contributed by atoms with Gasteiger partial charge in [-0.05, 0) is 24.1 Å². The third-order valence-electron chi connectivity index (χ3n) is 3.03. The van der Waals surface area contributed by atoms with Crippen LogP contribution in [-0.2, 0) is 0 Å². The lowest BCUT2D eigenvalue weighted by Gasteiger charge is -2.41. The van der Waals surface area contributed by atoms with Crippen LogP contribution in [0.2, 0.25) is 0 Å². The highest BCUT2D eigenvalue weighted by Gasteiger charge is 2.24. The fourth-order valence-electron chi connectivity index (χ4n) is 1.94. The summed E-state index contributed by atoms with van der Waals surface area (Å²) >= 11 is 0. The molecule has 0 aromatic heterocycles. The Kier molecular flexibility index (Phi) is 5.87. The molecule has 0 aliphatic carbocycles. The highest BCUT2D eigenvalue weighted by molar-refractivity contribution is 8.26. The van der Waals surface area contributed by atoms with E-state index in [1.54, 1.807) is 0 Å². The SMILES string of the molecule is C=C(N)c1ccc(S(C)(O)N(CCC)CCN)cc1. The zero-order valence-corrected chi connectivity index (χ0v) is 12.6. The van der Waals surface area contributed by atoms with Crippen LogP contribution in [0.15, 0.2) is 35.7 Å². The molecule has 1 aromatic rings. The number of rotatable bonds is 7. The highest BCUT2D eigenvalue weighted by Crippen LogP contribution is 2.51. The van der Waals surface area contributed by atoms with Crippen molar-refractivity contribution < 1.29 is 4.55 Å². The molecule has 0 radical (unpaired) electrons.